The molecule has 3 aromatic rings. The van der Waals surface area contributed by atoms with Gasteiger partial charge in [-0.3, -0.25) is 0 Å². The number of aromatic nitrogens is 2. The Morgan fingerprint density at radius 2 is 2.03 bits per heavy atom. The van der Waals surface area contributed by atoms with Crippen molar-refractivity contribution in [2.45, 2.75) is 23.8 Å². The lowest BCUT2D eigenvalue weighted by molar-refractivity contribution is 0.121. The topological polar surface area (TPSA) is 67.7 Å². The van der Waals surface area contributed by atoms with Crippen molar-refractivity contribution in [3.63, 3.8) is 0 Å². The molecule has 33 heavy (non-hydrogen) atoms. The standard InChI is InChI=1S/C24H27FN4O3S/c1-27-10-7-17(8-11-27)22-16-29(23-5-3-18(25)13-21(22)23)33(30,31)20-4-6-24(26-14-20)28-12-9-19(15-28)32-2/h3-7,13-14,16,19H,8-12,15H2,1-2H3. The molecule has 0 N–H and O–H groups in total. The number of hydrogen-bond acceptors (Lipinski definition) is 6. The average molecular weight is 471 g/mol. The Morgan fingerprint density at radius 3 is 2.70 bits per heavy atom. The Balaban J connectivity index is 1.53. The first kappa shape index (κ1) is 22.1. The molecule has 2 aliphatic rings. The number of anilines is 1. The summed E-state index contributed by atoms with van der Waals surface area (Å²) in [5, 5.41) is 0.599. The Labute approximate surface area is 193 Å². The number of benzene rings is 1. The summed E-state index contributed by atoms with van der Waals surface area (Å²) in [6, 6.07) is 7.55. The summed E-state index contributed by atoms with van der Waals surface area (Å²) in [5.74, 6) is 0.337. The highest BCUT2D eigenvalue weighted by molar-refractivity contribution is 7.90. The molecule has 174 valence electrons. The zero-order valence-electron chi connectivity index (χ0n) is 18.7. The van der Waals surface area contributed by atoms with E-state index in [4.69, 9.17) is 4.74 Å². The van der Waals surface area contributed by atoms with E-state index in [-0.39, 0.29) is 11.0 Å². The van der Waals surface area contributed by atoms with Crippen molar-refractivity contribution < 1.29 is 17.5 Å². The molecule has 1 aromatic carbocycles. The van der Waals surface area contributed by atoms with E-state index in [0.717, 1.165) is 56.0 Å². The number of ether oxygens (including phenoxy) is 1. The maximum Gasteiger partial charge on any atom is 0.269 e. The lowest BCUT2D eigenvalue weighted by Crippen LogP contribution is -2.23. The van der Waals surface area contributed by atoms with Crippen LogP contribution in [-0.2, 0) is 14.8 Å². The third-order valence-corrected chi connectivity index (χ3v) is 8.23. The van der Waals surface area contributed by atoms with Crippen LogP contribution in [0, 0.1) is 5.82 Å². The summed E-state index contributed by atoms with van der Waals surface area (Å²) in [6.07, 6.45) is 6.95. The van der Waals surface area contributed by atoms with E-state index in [0.29, 0.717) is 10.9 Å². The van der Waals surface area contributed by atoms with Gasteiger partial charge in [0.2, 0.25) is 0 Å². The van der Waals surface area contributed by atoms with Crippen molar-refractivity contribution in [2.24, 2.45) is 0 Å². The van der Waals surface area contributed by atoms with Crippen molar-refractivity contribution in [3.8, 4) is 0 Å². The molecular formula is C24H27FN4O3S. The van der Waals surface area contributed by atoms with Gasteiger partial charge in [-0.1, -0.05) is 6.08 Å². The van der Waals surface area contributed by atoms with E-state index in [1.54, 1.807) is 25.4 Å². The molecule has 5 rings (SSSR count). The first-order chi connectivity index (χ1) is 15.9. The van der Waals surface area contributed by atoms with Gasteiger partial charge in [-0.05, 0) is 55.8 Å². The van der Waals surface area contributed by atoms with E-state index >= 15 is 0 Å². The highest BCUT2D eigenvalue weighted by Gasteiger charge is 2.26. The second-order valence-corrected chi connectivity index (χ2v) is 10.5. The Morgan fingerprint density at radius 1 is 1.18 bits per heavy atom. The number of rotatable bonds is 5. The average Bonchev–Trinajstić information content (AvgIpc) is 3.45. The van der Waals surface area contributed by atoms with Gasteiger partial charge in [-0.15, -0.1) is 0 Å². The van der Waals surface area contributed by atoms with Crippen molar-refractivity contribution >= 4 is 32.3 Å². The molecule has 4 heterocycles. The number of methoxy groups -OCH3 is 1. The van der Waals surface area contributed by atoms with Crippen molar-refractivity contribution in [3.05, 3.63) is 60.2 Å². The molecule has 2 aromatic heterocycles. The molecule has 1 fully saturated rings. The Kier molecular flexibility index (Phi) is 5.72. The summed E-state index contributed by atoms with van der Waals surface area (Å²) >= 11 is 0. The number of pyridine rings is 1. The van der Waals surface area contributed by atoms with E-state index < -0.39 is 15.8 Å². The van der Waals surface area contributed by atoms with E-state index in [1.807, 2.05) is 7.05 Å². The third kappa shape index (κ3) is 4.05. The Hall–Kier alpha value is -2.75. The number of likely N-dealkylation sites (N-methyl/N-ethyl adjacent to an activating group) is 1. The van der Waals surface area contributed by atoms with Crippen LogP contribution in [0.1, 0.15) is 18.4 Å². The summed E-state index contributed by atoms with van der Waals surface area (Å²) in [5.41, 5.74) is 2.25. The summed E-state index contributed by atoms with van der Waals surface area (Å²) in [4.78, 5) is 8.79. The van der Waals surface area contributed by atoms with Crippen LogP contribution in [0.5, 0.6) is 0 Å². The summed E-state index contributed by atoms with van der Waals surface area (Å²) in [7, 11) is -0.180. The van der Waals surface area contributed by atoms with Gasteiger partial charge in [0.1, 0.15) is 16.5 Å². The maximum atomic E-state index is 14.1. The first-order valence-electron chi connectivity index (χ1n) is 11.0. The van der Waals surface area contributed by atoms with Gasteiger partial charge in [0, 0.05) is 56.6 Å². The van der Waals surface area contributed by atoms with E-state index in [2.05, 4.69) is 20.9 Å². The SMILES string of the molecule is COC1CCN(c2ccc(S(=O)(=O)n3cc(C4=CCN(C)CC4)c4cc(F)ccc43)cn2)C1. The zero-order valence-corrected chi connectivity index (χ0v) is 19.6. The van der Waals surface area contributed by atoms with Gasteiger partial charge in [0.05, 0.1) is 11.6 Å². The minimum atomic E-state index is -3.91. The molecule has 0 amide bonds. The van der Waals surface area contributed by atoms with Crippen LogP contribution >= 0.6 is 0 Å². The predicted octanol–water partition coefficient (Wildman–Crippen LogP) is 3.36. The van der Waals surface area contributed by atoms with Gasteiger partial charge < -0.3 is 14.5 Å². The number of fused-ring (bicyclic) bond motifs is 1. The van der Waals surface area contributed by atoms with Gasteiger partial charge in [-0.25, -0.2) is 21.8 Å². The van der Waals surface area contributed by atoms with Crippen LogP contribution in [0.4, 0.5) is 10.2 Å². The molecule has 7 nitrogen and oxygen atoms in total. The second kappa shape index (κ2) is 8.55. The molecule has 1 unspecified atom stereocenters. The van der Waals surface area contributed by atoms with Crippen molar-refractivity contribution in [1.82, 2.24) is 13.9 Å². The van der Waals surface area contributed by atoms with Crippen LogP contribution in [0.15, 0.2) is 53.7 Å². The molecule has 1 saturated heterocycles. The molecule has 0 aliphatic carbocycles. The second-order valence-electron chi connectivity index (χ2n) is 8.69. The largest absolute Gasteiger partial charge is 0.380 e. The molecule has 2 aliphatic heterocycles. The monoisotopic (exact) mass is 470 g/mol. The predicted molar refractivity (Wildman–Crippen MR) is 126 cm³/mol. The molecule has 0 bridgehead atoms. The molecule has 0 radical (unpaired) electrons. The minimum absolute atomic E-state index is 0.0962. The van der Waals surface area contributed by atoms with Gasteiger partial charge in [-0.2, -0.15) is 0 Å². The quantitative estimate of drug-likeness (QED) is 0.570. The molecular weight excluding hydrogens is 443 g/mol. The van der Waals surface area contributed by atoms with Crippen LogP contribution in [0.2, 0.25) is 0 Å². The van der Waals surface area contributed by atoms with Crippen LogP contribution in [0.3, 0.4) is 0 Å². The van der Waals surface area contributed by atoms with E-state index in [1.165, 1.54) is 28.4 Å². The van der Waals surface area contributed by atoms with Crippen LogP contribution in [0.25, 0.3) is 16.5 Å². The summed E-state index contributed by atoms with van der Waals surface area (Å²) < 4.78 is 47.9. The zero-order chi connectivity index (χ0) is 23.2. The third-order valence-electron chi connectivity index (χ3n) is 6.57. The molecule has 0 spiro atoms. The van der Waals surface area contributed by atoms with Crippen molar-refractivity contribution in [1.29, 1.82) is 0 Å². The van der Waals surface area contributed by atoms with Crippen LogP contribution in [-0.4, -0.2) is 68.7 Å². The van der Waals surface area contributed by atoms with Gasteiger partial charge >= 0.3 is 0 Å². The number of halogens is 1. The number of hydrogen-bond donors (Lipinski definition) is 0. The van der Waals surface area contributed by atoms with Crippen LogP contribution < -0.4 is 4.90 Å². The van der Waals surface area contributed by atoms with Crippen molar-refractivity contribution in [2.75, 3.05) is 45.2 Å². The molecule has 1 atom stereocenters. The van der Waals surface area contributed by atoms with Gasteiger partial charge in [0.15, 0.2) is 0 Å². The minimum Gasteiger partial charge on any atom is -0.380 e. The highest BCUT2D eigenvalue weighted by Crippen LogP contribution is 2.33. The van der Waals surface area contributed by atoms with E-state index in [9.17, 15) is 12.8 Å². The highest BCUT2D eigenvalue weighted by atomic mass is 32.2. The lowest BCUT2D eigenvalue weighted by atomic mass is 9.99. The number of nitrogens with zero attached hydrogens (tertiary/aromatic N) is 4. The summed E-state index contributed by atoms with van der Waals surface area (Å²) in [6.45, 7) is 3.19. The van der Waals surface area contributed by atoms with Gasteiger partial charge in [0.25, 0.3) is 10.0 Å². The molecule has 9 heteroatoms. The maximum absolute atomic E-state index is 14.1. The Bertz CT molecular complexity index is 1320. The fourth-order valence-corrected chi connectivity index (χ4v) is 5.91. The lowest BCUT2D eigenvalue weighted by Gasteiger charge is -2.21. The molecule has 0 saturated carbocycles. The smallest absolute Gasteiger partial charge is 0.269 e. The normalized spacial score (nSPS) is 19.9. The first-order valence-corrected chi connectivity index (χ1v) is 12.5. The fourth-order valence-electron chi connectivity index (χ4n) is 4.60. The fraction of sp³-hybridized carbons (Fsp3) is 0.375.